The number of ether oxygens (including phenoxy) is 2. The highest BCUT2D eigenvalue weighted by molar-refractivity contribution is 5.42. The van der Waals surface area contributed by atoms with Gasteiger partial charge in [-0.05, 0) is 19.9 Å². The first-order chi connectivity index (χ1) is 9.61. The van der Waals surface area contributed by atoms with Gasteiger partial charge in [0.2, 0.25) is 0 Å². The molecule has 1 aromatic carbocycles. The molecule has 20 heavy (non-hydrogen) atoms. The fraction of sp³-hybridized carbons (Fsp3) is 0.400. The minimum absolute atomic E-state index is 0.0779. The van der Waals surface area contributed by atoms with Gasteiger partial charge in [-0.3, -0.25) is 0 Å². The molecule has 0 saturated heterocycles. The van der Waals surface area contributed by atoms with Gasteiger partial charge >= 0.3 is 0 Å². The number of imidazole rings is 1. The van der Waals surface area contributed by atoms with Gasteiger partial charge in [-0.25, -0.2) is 4.98 Å². The summed E-state index contributed by atoms with van der Waals surface area (Å²) < 4.78 is 13.1. The van der Waals surface area contributed by atoms with Gasteiger partial charge in [0.15, 0.2) is 0 Å². The molecule has 0 amide bonds. The zero-order valence-corrected chi connectivity index (χ0v) is 12.2. The standard InChI is InChI=1S/C15H21N3O2/c1-11(16)14-5-4-13(19-3)10-15(14)20-9-8-18-7-6-17-12(18)2/h4-7,10-11H,8-9,16H2,1-3H3. The average molecular weight is 275 g/mol. The predicted octanol–water partition coefficient (Wildman–Crippen LogP) is 2.30. The van der Waals surface area contributed by atoms with Crippen LogP contribution in [0.3, 0.4) is 0 Å². The van der Waals surface area contributed by atoms with Crippen LogP contribution >= 0.6 is 0 Å². The Morgan fingerprint density at radius 2 is 2.20 bits per heavy atom. The molecule has 0 saturated carbocycles. The molecule has 1 heterocycles. The summed E-state index contributed by atoms with van der Waals surface area (Å²) in [4.78, 5) is 4.18. The number of aromatic nitrogens is 2. The summed E-state index contributed by atoms with van der Waals surface area (Å²) in [6, 6.07) is 5.64. The van der Waals surface area contributed by atoms with E-state index in [0.717, 1.165) is 29.4 Å². The minimum Gasteiger partial charge on any atom is -0.497 e. The van der Waals surface area contributed by atoms with Crippen molar-refractivity contribution in [2.24, 2.45) is 5.73 Å². The Kier molecular flexibility index (Phi) is 4.63. The molecule has 2 rings (SSSR count). The summed E-state index contributed by atoms with van der Waals surface area (Å²) in [5.74, 6) is 2.52. The Morgan fingerprint density at radius 1 is 1.40 bits per heavy atom. The Labute approximate surface area is 119 Å². The van der Waals surface area contributed by atoms with Crippen LogP contribution in [0.25, 0.3) is 0 Å². The number of aryl methyl sites for hydroxylation is 1. The number of nitrogens with two attached hydrogens (primary N) is 1. The smallest absolute Gasteiger partial charge is 0.127 e. The van der Waals surface area contributed by atoms with E-state index < -0.39 is 0 Å². The van der Waals surface area contributed by atoms with Gasteiger partial charge in [0.1, 0.15) is 23.9 Å². The molecular weight excluding hydrogens is 254 g/mol. The molecule has 0 aliphatic heterocycles. The predicted molar refractivity (Wildman–Crippen MR) is 78.1 cm³/mol. The minimum atomic E-state index is -0.0779. The number of nitrogens with zero attached hydrogens (tertiary/aromatic N) is 2. The average Bonchev–Trinajstić information content (AvgIpc) is 2.84. The largest absolute Gasteiger partial charge is 0.497 e. The molecule has 1 aromatic heterocycles. The molecule has 0 radical (unpaired) electrons. The molecule has 0 fully saturated rings. The van der Waals surface area contributed by atoms with E-state index in [1.165, 1.54) is 0 Å². The van der Waals surface area contributed by atoms with Crippen molar-refractivity contribution < 1.29 is 9.47 Å². The lowest BCUT2D eigenvalue weighted by atomic mass is 10.1. The molecule has 1 atom stereocenters. The topological polar surface area (TPSA) is 62.3 Å². The van der Waals surface area contributed by atoms with Gasteiger partial charge in [-0.2, -0.15) is 0 Å². The molecule has 1 unspecified atom stereocenters. The van der Waals surface area contributed by atoms with Crippen molar-refractivity contribution in [2.75, 3.05) is 13.7 Å². The van der Waals surface area contributed by atoms with Crippen molar-refractivity contribution in [3.8, 4) is 11.5 Å². The highest BCUT2D eigenvalue weighted by Gasteiger charge is 2.10. The van der Waals surface area contributed by atoms with E-state index in [2.05, 4.69) is 4.98 Å². The normalized spacial score (nSPS) is 12.2. The second-order valence-electron chi connectivity index (χ2n) is 4.71. The first-order valence-electron chi connectivity index (χ1n) is 6.66. The van der Waals surface area contributed by atoms with Crippen LogP contribution in [0.2, 0.25) is 0 Å². The van der Waals surface area contributed by atoms with Crippen LogP contribution in [-0.4, -0.2) is 23.3 Å². The Hall–Kier alpha value is -2.01. The Morgan fingerprint density at radius 3 is 2.80 bits per heavy atom. The van der Waals surface area contributed by atoms with Crippen LogP contribution in [-0.2, 0) is 6.54 Å². The van der Waals surface area contributed by atoms with Crippen molar-refractivity contribution in [3.63, 3.8) is 0 Å². The third kappa shape index (κ3) is 3.30. The van der Waals surface area contributed by atoms with E-state index in [-0.39, 0.29) is 6.04 Å². The summed E-state index contributed by atoms with van der Waals surface area (Å²) in [6.07, 6.45) is 3.73. The highest BCUT2D eigenvalue weighted by Crippen LogP contribution is 2.28. The lowest BCUT2D eigenvalue weighted by molar-refractivity contribution is 0.291. The van der Waals surface area contributed by atoms with Crippen molar-refractivity contribution in [1.82, 2.24) is 9.55 Å². The summed E-state index contributed by atoms with van der Waals surface area (Å²) in [5.41, 5.74) is 6.94. The van der Waals surface area contributed by atoms with Crippen LogP contribution in [0.4, 0.5) is 0 Å². The van der Waals surface area contributed by atoms with Gasteiger partial charge in [0.05, 0.1) is 13.7 Å². The fourth-order valence-electron chi connectivity index (χ4n) is 2.04. The van der Waals surface area contributed by atoms with Crippen molar-refractivity contribution >= 4 is 0 Å². The lowest BCUT2D eigenvalue weighted by Crippen LogP contribution is -2.12. The van der Waals surface area contributed by atoms with E-state index in [1.807, 2.05) is 42.8 Å². The summed E-state index contributed by atoms with van der Waals surface area (Å²) >= 11 is 0. The van der Waals surface area contributed by atoms with E-state index in [9.17, 15) is 0 Å². The second kappa shape index (κ2) is 6.43. The molecule has 5 nitrogen and oxygen atoms in total. The van der Waals surface area contributed by atoms with Crippen LogP contribution in [0.15, 0.2) is 30.6 Å². The van der Waals surface area contributed by atoms with E-state index in [1.54, 1.807) is 13.3 Å². The molecule has 108 valence electrons. The van der Waals surface area contributed by atoms with Crippen molar-refractivity contribution in [2.45, 2.75) is 26.4 Å². The lowest BCUT2D eigenvalue weighted by Gasteiger charge is -2.15. The molecule has 0 aliphatic carbocycles. The van der Waals surface area contributed by atoms with E-state index in [0.29, 0.717) is 6.61 Å². The highest BCUT2D eigenvalue weighted by atomic mass is 16.5. The third-order valence-electron chi connectivity index (χ3n) is 3.22. The molecule has 5 heteroatoms. The number of hydrogen-bond donors (Lipinski definition) is 1. The molecule has 2 N–H and O–H groups in total. The summed E-state index contributed by atoms with van der Waals surface area (Å²) in [5, 5.41) is 0. The van der Waals surface area contributed by atoms with E-state index >= 15 is 0 Å². The maximum absolute atomic E-state index is 5.96. The number of rotatable bonds is 6. The Bertz CT molecular complexity index is 564. The molecule has 0 aliphatic rings. The van der Waals surface area contributed by atoms with Gasteiger partial charge < -0.3 is 19.8 Å². The first-order valence-corrected chi connectivity index (χ1v) is 6.66. The zero-order chi connectivity index (χ0) is 14.5. The third-order valence-corrected chi connectivity index (χ3v) is 3.22. The summed E-state index contributed by atoms with van der Waals surface area (Å²) in [7, 11) is 1.64. The van der Waals surface area contributed by atoms with Crippen LogP contribution in [0.1, 0.15) is 24.4 Å². The second-order valence-corrected chi connectivity index (χ2v) is 4.71. The van der Waals surface area contributed by atoms with Crippen LogP contribution in [0, 0.1) is 6.92 Å². The molecule has 0 bridgehead atoms. The quantitative estimate of drug-likeness (QED) is 0.878. The van der Waals surface area contributed by atoms with Crippen LogP contribution in [0.5, 0.6) is 11.5 Å². The van der Waals surface area contributed by atoms with Crippen molar-refractivity contribution in [1.29, 1.82) is 0 Å². The number of methoxy groups -OCH3 is 1. The van der Waals surface area contributed by atoms with Gasteiger partial charge in [0, 0.05) is 30.1 Å². The fourth-order valence-corrected chi connectivity index (χ4v) is 2.04. The number of benzene rings is 1. The SMILES string of the molecule is COc1ccc(C(C)N)c(OCCn2ccnc2C)c1. The molecule has 2 aromatic rings. The maximum atomic E-state index is 5.96. The van der Waals surface area contributed by atoms with Gasteiger partial charge in [0.25, 0.3) is 0 Å². The Balaban J connectivity index is 2.05. The van der Waals surface area contributed by atoms with Gasteiger partial charge in [-0.1, -0.05) is 6.07 Å². The summed E-state index contributed by atoms with van der Waals surface area (Å²) in [6.45, 7) is 5.22. The maximum Gasteiger partial charge on any atom is 0.127 e. The molecule has 0 spiro atoms. The number of hydrogen-bond acceptors (Lipinski definition) is 4. The first kappa shape index (κ1) is 14.4. The zero-order valence-electron chi connectivity index (χ0n) is 12.2. The van der Waals surface area contributed by atoms with Gasteiger partial charge in [-0.15, -0.1) is 0 Å². The van der Waals surface area contributed by atoms with Crippen molar-refractivity contribution in [3.05, 3.63) is 42.0 Å². The van der Waals surface area contributed by atoms with Crippen LogP contribution < -0.4 is 15.2 Å². The molecular formula is C15H21N3O2. The monoisotopic (exact) mass is 275 g/mol. The van der Waals surface area contributed by atoms with E-state index in [4.69, 9.17) is 15.2 Å².